The normalized spacial score (nSPS) is 15.6. The van der Waals surface area contributed by atoms with Crippen LogP contribution in [0.3, 0.4) is 0 Å². The van der Waals surface area contributed by atoms with Crippen molar-refractivity contribution in [2.45, 2.75) is 19.5 Å². The summed E-state index contributed by atoms with van der Waals surface area (Å²) < 4.78 is 2.08. The summed E-state index contributed by atoms with van der Waals surface area (Å²) in [4.78, 5) is 6.62. The molecule has 0 amide bonds. The number of nitrogen functional groups attached to an aromatic ring is 1. The van der Waals surface area contributed by atoms with Crippen LogP contribution in [0.5, 0.6) is 0 Å². The molecule has 0 fully saturated rings. The Hall–Kier alpha value is -1.81. The van der Waals surface area contributed by atoms with Gasteiger partial charge in [0.05, 0.1) is 12.0 Å². The molecule has 1 aliphatic heterocycles. The van der Waals surface area contributed by atoms with Crippen LogP contribution in [-0.2, 0) is 26.6 Å². The molecule has 0 unspecified atom stereocenters. The van der Waals surface area contributed by atoms with Gasteiger partial charge in [-0.1, -0.05) is 6.07 Å². The summed E-state index contributed by atoms with van der Waals surface area (Å²) in [6, 6.07) is 6.25. The van der Waals surface area contributed by atoms with Crippen molar-refractivity contribution in [3.05, 3.63) is 47.5 Å². The van der Waals surface area contributed by atoms with E-state index in [2.05, 4.69) is 26.6 Å². The summed E-state index contributed by atoms with van der Waals surface area (Å²) >= 11 is 0. The highest BCUT2D eigenvalue weighted by Crippen LogP contribution is 2.22. The van der Waals surface area contributed by atoms with E-state index in [1.807, 2.05) is 25.6 Å². The largest absolute Gasteiger partial charge is 0.399 e. The Kier molecular flexibility index (Phi) is 2.80. The number of hydrogen-bond donors (Lipinski definition) is 1. The van der Waals surface area contributed by atoms with E-state index in [0.717, 1.165) is 31.7 Å². The van der Waals surface area contributed by atoms with E-state index in [0.29, 0.717) is 0 Å². The minimum absolute atomic E-state index is 0.869. The molecule has 0 aliphatic carbocycles. The second kappa shape index (κ2) is 4.46. The maximum absolute atomic E-state index is 5.82. The summed E-state index contributed by atoms with van der Waals surface area (Å²) in [5.41, 5.74) is 10.7. The SMILES string of the molecule is Cn1cncc1CN1CCc2cc(N)ccc2C1. The average Bonchev–Trinajstić information content (AvgIpc) is 2.75. The minimum Gasteiger partial charge on any atom is -0.399 e. The minimum atomic E-state index is 0.869. The van der Waals surface area contributed by atoms with Crippen LogP contribution >= 0.6 is 0 Å². The van der Waals surface area contributed by atoms with Gasteiger partial charge in [0.15, 0.2) is 0 Å². The van der Waals surface area contributed by atoms with Crippen LogP contribution in [0.25, 0.3) is 0 Å². The molecule has 1 aliphatic rings. The lowest BCUT2D eigenvalue weighted by atomic mass is 9.99. The fourth-order valence-electron chi connectivity index (χ4n) is 2.53. The number of imidazole rings is 1. The van der Waals surface area contributed by atoms with Crippen molar-refractivity contribution in [1.29, 1.82) is 0 Å². The highest BCUT2D eigenvalue weighted by atomic mass is 15.2. The van der Waals surface area contributed by atoms with Gasteiger partial charge in [-0.15, -0.1) is 0 Å². The maximum Gasteiger partial charge on any atom is 0.0945 e. The molecule has 0 saturated heterocycles. The van der Waals surface area contributed by atoms with E-state index in [-0.39, 0.29) is 0 Å². The number of nitrogens with zero attached hydrogens (tertiary/aromatic N) is 3. The van der Waals surface area contributed by atoms with E-state index in [9.17, 15) is 0 Å². The number of aryl methyl sites for hydroxylation is 1. The summed E-state index contributed by atoms with van der Waals surface area (Å²) in [5.74, 6) is 0. The van der Waals surface area contributed by atoms with Crippen LogP contribution in [-0.4, -0.2) is 21.0 Å². The number of rotatable bonds is 2. The van der Waals surface area contributed by atoms with Gasteiger partial charge in [0.1, 0.15) is 0 Å². The number of benzene rings is 1. The summed E-state index contributed by atoms with van der Waals surface area (Å²) in [7, 11) is 2.04. The summed E-state index contributed by atoms with van der Waals surface area (Å²) in [6.07, 6.45) is 4.88. The number of hydrogen-bond acceptors (Lipinski definition) is 3. The van der Waals surface area contributed by atoms with Crippen molar-refractivity contribution in [3.63, 3.8) is 0 Å². The van der Waals surface area contributed by atoms with Crippen LogP contribution in [0.4, 0.5) is 5.69 Å². The van der Waals surface area contributed by atoms with Crippen LogP contribution in [0, 0.1) is 0 Å². The molecule has 1 aromatic carbocycles. The molecule has 18 heavy (non-hydrogen) atoms. The zero-order valence-electron chi connectivity index (χ0n) is 10.6. The third-order valence-electron chi connectivity index (χ3n) is 3.62. The Morgan fingerprint density at radius 3 is 3.00 bits per heavy atom. The fraction of sp³-hybridized carbons (Fsp3) is 0.357. The Morgan fingerprint density at radius 1 is 1.33 bits per heavy atom. The molecule has 94 valence electrons. The van der Waals surface area contributed by atoms with E-state index in [4.69, 9.17) is 5.73 Å². The Morgan fingerprint density at radius 2 is 2.22 bits per heavy atom. The molecule has 2 N–H and O–H groups in total. The maximum atomic E-state index is 5.82. The smallest absolute Gasteiger partial charge is 0.0945 e. The molecule has 2 heterocycles. The van der Waals surface area contributed by atoms with Crippen LogP contribution in [0.1, 0.15) is 16.8 Å². The van der Waals surface area contributed by atoms with Crippen molar-refractivity contribution in [1.82, 2.24) is 14.5 Å². The summed E-state index contributed by atoms with van der Waals surface area (Å²) in [5, 5.41) is 0. The second-order valence-corrected chi connectivity index (χ2v) is 4.98. The molecule has 0 bridgehead atoms. The van der Waals surface area contributed by atoms with Crippen molar-refractivity contribution < 1.29 is 0 Å². The van der Waals surface area contributed by atoms with Crippen LogP contribution < -0.4 is 5.73 Å². The first-order valence-electron chi connectivity index (χ1n) is 6.27. The molecular weight excluding hydrogens is 224 g/mol. The van der Waals surface area contributed by atoms with Gasteiger partial charge in [-0.25, -0.2) is 4.98 Å². The van der Waals surface area contributed by atoms with Gasteiger partial charge in [-0.2, -0.15) is 0 Å². The topological polar surface area (TPSA) is 47.1 Å². The highest BCUT2D eigenvalue weighted by molar-refractivity contribution is 5.45. The molecule has 1 aromatic heterocycles. The zero-order valence-corrected chi connectivity index (χ0v) is 10.6. The third-order valence-corrected chi connectivity index (χ3v) is 3.62. The highest BCUT2D eigenvalue weighted by Gasteiger charge is 2.17. The molecule has 2 aromatic rings. The van der Waals surface area contributed by atoms with Crippen molar-refractivity contribution in [2.24, 2.45) is 7.05 Å². The lowest BCUT2D eigenvalue weighted by molar-refractivity contribution is 0.240. The van der Waals surface area contributed by atoms with Gasteiger partial charge < -0.3 is 10.3 Å². The first-order chi connectivity index (χ1) is 8.72. The second-order valence-electron chi connectivity index (χ2n) is 4.98. The van der Waals surface area contributed by atoms with E-state index < -0.39 is 0 Å². The first kappa shape index (κ1) is 11.3. The molecular formula is C14H18N4. The van der Waals surface area contributed by atoms with Crippen LogP contribution in [0.15, 0.2) is 30.7 Å². The third kappa shape index (κ3) is 2.11. The van der Waals surface area contributed by atoms with Crippen molar-refractivity contribution in [2.75, 3.05) is 12.3 Å². The lowest BCUT2D eigenvalue weighted by Gasteiger charge is -2.28. The molecule has 4 nitrogen and oxygen atoms in total. The van der Waals surface area contributed by atoms with E-state index >= 15 is 0 Å². The zero-order chi connectivity index (χ0) is 12.5. The van der Waals surface area contributed by atoms with E-state index in [1.54, 1.807) is 0 Å². The average molecular weight is 242 g/mol. The first-order valence-corrected chi connectivity index (χ1v) is 6.27. The molecule has 3 rings (SSSR count). The molecule has 4 heteroatoms. The Bertz CT molecular complexity index is 559. The standard InChI is InChI=1S/C14H18N4/c1-17-10-16-7-14(17)9-18-5-4-11-6-13(15)3-2-12(11)8-18/h2-3,6-7,10H,4-5,8-9,15H2,1H3. The van der Waals surface area contributed by atoms with E-state index in [1.165, 1.54) is 16.8 Å². The van der Waals surface area contributed by atoms with Crippen LogP contribution in [0.2, 0.25) is 0 Å². The van der Waals surface area contributed by atoms with Gasteiger partial charge in [-0.05, 0) is 29.7 Å². The predicted molar refractivity (Wildman–Crippen MR) is 71.9 cm³/mol. The molecule has 0 saturated carbocycles. The van der Waals surface area contributed by atoms with Crippen molar-refractivity contribution >= 4 is 5.69 Å². The monoisotopic (exact) mass is 242 g/mol. The molecule has 0 spiro atoms. The number of fused-ring (bicyclic) bond motifs is 1. The predicted octanol–water partition coefficient (Wildman–Crippen LogP) is 1.56. The Labute approximate surface area is 107 Å². The fourth-order valence-corrected chi connectivity index (χ4v) is 2.53. The van der Waals surface area contributed by atoms with Gasteiger partial charge >= 0.3 is 0 Å². The number of aromatic nitrogens is 2. The molecule has 0 atom stereocenters. The van der Waals surface area contributed by atoms with Gasteiger partial charge in [0.25, 0.3) is 0 Å². The van der Waals surface area contributed by atoms with Crippen molar-refractivity contribution in [3.8, 4) is 0 Å². The Balaban J connectivity index is 1.75. The quantitative estimate of drug-likeness (QED) is 0.813. The summed E-state index contributed by atoms with van der Waals surface area (Å²) in [6.45, 7) is 3.04. The molecule has 0 radical (unpaired) electrons. The van der Waals surface area contributed by atoms with Gasteiger partial charge in [-0.3, -0.25) is 4.90 Å². The van der Waals surface area contributed by atoms with Gasteiger partial charge in [0, 0.05) is 38.6 Å². The lowest BCUT2D eigenvalue weighted by Crippen LogP contribution is -2.30. The number of nitrogens with two attached hydrogens (primary N) is 1. The van der Waals surface area contributed by atoms with Gasteiger partial charge in [0.2, 0.25) is 0 Å². The number of anilines is 1.